The van der Waals surface area contributed by atoms with Crippen molar-refractivity contribution in [3.8, 4) is 0 Å². The molecule has 2 fully saturated rings. The second-order valence-corrected chi connectivity index (χ2v) is 10.5. The third-order valence-corrected chi connectivity index (χ3v) is 7.70. The highest BCUT2D eigenvalue weighted by Crippen LogP contribution is 2.28. The Morgan fingerprint density at radius 3 is 2.39 bits per heavy atom. The predicted molar refractivity (Wildman–Crippen MR) is 126 cm³/mol. The molecule has 0 spiro atoms. The number of hydrogen-bond donors (Lipinski definition) is 4. The van der Waals surface area contributed by atoms with Crippen LogP contribution in [-0.2, 0) is 16.6 Å². The summed E-state index contributed by atoms with van der Waals surface area (Å²) >= 11 is 0. The van der Waals surface area contributed by atoms with Gasteiger partial charge in [0.25, 0.3) is 0 Å². The maximum Gasteiger partial charge on any atom is 0.240 e. The monoisotopic (exact) mass is 471 g/mol. The molecule has 33 heavy (non-hydrogen) atoms. The zero-order valence-electron chi connectivity index (χ0n) is 18.5. The lowest BCUT2D eigenvalue weighted by Crippen LogP contribution is -2.29. The van der Waals surface area contributed by atoms with Crippen molar-refractivity contribution in [3.05, 3.63) is 30.6 Å². The predicted octanol–water partition coefficient (Wildman–Crippen LogP) is 2.75. The number of benzene rings is 1. The van der Waals surface area contributed by atoms with E-state index in [0.717, 1.165) is 50.7 Å². The van der Waals surface area contributed by atoms with Gasteiger partial charge in [-0.2, -0.15) is 9.97 Å². The van der Waals surface area contributed by atoms with E-state index in [1.165, 1.54) is 0 Å². The van der Waals surface area contributed by atoms with Gasteiger partial charge in [-0.15, -0.1) is 0 Å². The van der Waals surface area contributed by atoms with Gasteiger partial charge >= 0.3 is 0 Å². The molecule has 3 aromatic rings. The maximum atomic E-state index is 12.4. The van der Waals surface area contributed by atoms with Gasteiger partial charge in [0, 0.05) is 24.3 Å². The lowest BCUT2D eigenvalue weighted by Gasteiger charge is -2.26. The number of nitrogens with one attached hydrogen (secondary N) is 3. The molecule has 0 saturated heterocycles. The Morgan fingerprint density at radius 2 is 1.73 bits per heavy atom. The summed E-state index contributed by atoms with van der Waals surface area (Å²) in [5.41, 5.74) is 2.08. The molecule has 0 unspecified atom stereocenters. The van der Waals surface area contributed by atoms with Crippen LogP contribution >= 0.6 is 0 Å². The number of imidazole rings is 1. The first-order valence-electron chi connectivity index (χ1n) is 11.5. The smallest absolute Gasteiger partial charge is 0.240 e. The summed E-state index contributed by atoms with van der Waals surface area (Å²) in [5.74, 6) is 1.06. The minimum absolute atomic E-state index is 0.0640. The van der Waals surface area contributed by atoms with Gasteiger partial charge in [-0.05, 0) is 69.7 Å². The minimum Gasteiger partial charge on any atom is -0.393 e. The molecule has 2 saturated carbocycles. The Balaban J connectivity index is 1.40. The third-order valence-electron chi connectivity index (χ3n) is 6.16. The highest BCUT2D eigenvalue weighted by Gasteiger charge is 2.28. The first-order valence-corrected chi connectivity index (χ1v) is 13.0. The minimum atomic E-state index is -3.50. The molecule has 0 radical (unpaired) electrons. The van der Waals surface area contributed by atoms with E-state index in [2.05, 4.69) is 30.3 Å². The number of rotatable bonds is 8. The number of aromatic nitrogens is 4. The van der Waals surface area contributed by atoms with Gasteiger partial charge in [-0.25, -0.2) is 18.1 Å². The van der Waals surface area contributed by atoms with Gasteiger partial charge in [-0.3, -0.25) is 0 Å². The summed E-state index contributed by atoms with van der Waals surface area (Å²) in [6, 6.07) is 6.89. The second-order valence-electron chi connectivity index (χ2n) is 8.79. The van der Waals surface area contributed by atoms with Crippen molar-refractivity contribution < 1.29 is 13.5 Å². The fraction of sp³-hybridized carbons (Fsp3) is 0.500. The largest absolute Gasteiger partial charge is 0.393 e. The Labute approximate surface area is 192 Å². The molecule has 10 nitrogen and oxygen atoms in total. The van der Waals surface area contributed by atoms with Gasteiger partial charge in [0.1, 0.15) is 0 Å². The molecule has 0 bridgehead atoms. The Bertz CT molecular complexity index is 1230. The highest BCUT2D eigenvalue weighted by molar-refractivity contribution is 7.89. The van der Waals surface area contributed by atoms with Gasteiger partial charge in [0.2, 0.25) is 16.0 Å². The molecule has 2 aliphatic rings. The number of nitrogens with zero attached hydrogens (tertiary/aromatic N) is 4. The number of aliphatic hydroxyl groups excluding tert-OH is 1. The van der Waals surface area contributed by atoms with Crippen LogP contribution in [0.5, 0.6) is 0 Å². The van der Waals surface area contributed by atoms with E-state index in [4.69, 9.17) is 0 Å². The third kappa shape index (κ3) is 4.94. The van der Waals surface area contributed by atoms with E-state index in [1.807, 2.05) is 11.5 Å². The van der Waals surface area contributed by atoms with Gasteiger partial charge < -0.3 is 20.3 Å². The van der Waals surface area contributed by atoms with Crippen LogP contribution < -0.4 is 15.4 Å². The summed E-state index contributed by atoms with van der Waals surface area (Å²) < 4.78 is 29.5. The van der Waals surface area contributed by atoms with Crippen molar-refractivity contribution >= 4 is 38.6 Å². The average molecular weight is 472 g/mol. The fourth-order valence-corrected chi connectivity index (χ4v) is 5.38. The molecule has 0 aliphatic heterocycles. The van der Waals surface area contributed by atoms with Gasteiger partial charge in [0.15, 0.2) is 17.0 Å². The number of sulfonamides is 1. The molecule has 0 atom stereocenters. The molecule has 2 heterocycles. The summed E-state index contributed by atoms with van der Waals surface area (Å²) in [6.45, 7) is 2.75. The van der Waals surface area contributed by atoms with E-state index >= 15 is 0 Å². The molecule has 5 rings (SSSR count). The van der Waals surface area contributed by atoms with Crippen LogP contribution in [0.1, 0.15) is 45.4 Å². The van der Waals surface area contributed by atoms with Crippen molar-refractivity contribution in [1.82, 2.24) is 24.2 Å². The number of hydrogen-bond acceptors (Lipinski definition) is 8. The van der Waals surface area contributed by atoms with Crippen molar-refractivity contribution in [1.29, 1.82) is 0 Å². The first kappa shape index (κ1) is 22.1. The van der Waals surface area contributed by atoms with E-state index in [9.17, 15) is 13.5 Å². The number of anilines is 3. The van der Waals surface area contributed by atoms with Crippen LogP contribution in [0.15, 0.2) is 35.5 Å². The quantitative estimate of drug-likeness (QED) is 0.394. The zero-order chi connectivity index (χ0) is 23.0. The molecule has 2 aromatic heterocycles. The normalized spacial score (nSPS) is 21.3. The molecule has 1 aromatic carbocycles. The van der Waals surface area contributed by atoms with Crippen LogP contribution in [0.3, 0.4) is 0 Å². The Morgan fingerprint density at radius 1 is 1.03 bits per heavy atom. The average Bonchev–Trinajstić information content (AvgIpc) is 3.50. The molecular weight excluding hydrogens is 442 g/mol. The molecule has 2 aliphatic carbocycles. The first-order chi connectivity index (χ1) is 15.9. The van der Waals surface area contributed by atoms with Crippen LogP contribution in [0, 0.1) is 0 Å². The van der Waals surface area contributed by atoms with E-state index < -0.39 is 10.0 Å². The van der Waals surface area contributed by atoms with Crippen molar-refractivity contribution in [2.45, 2.75) is 75.1 Å². The van der Waals surface area contributed by atoms with Crippen molar-refractivity contribution in [2.24, 2.45) is 0 Å². The van der Waals surface area contributed by atoms with Crippen LogP contribution in [0.2, 0.25) is 0 Å². The summed E-state index contributed by atoms with van der Waals surface area (Å²) in [7, 11) is -3.50. The molecule has 4 N–H and O–H groups in total. The van der Waals surface area contributed by atoms with E-state index in [-0.39, 0.29) is 23.1 Å². The summed E-state index contributed by atoms with van der Waals surface area (Å²) in [4.78, 5) is 14.1. The molecule has 176 valence electrons. The van der Waals surface area contributed by atoms with E-state index in [1.54, 1.807) is 30.6 Å². The number of fused-ring (bicyclic) bond motifs is 1. The molecule has 11 heteroatoms. The Kier molecular flexibility index (Phi) is 5.94. The molecule has 0 amide bonds. The van der Waals surface area contributed by atoms with Crippen LogP contribution in [-0.4, -0.2) is 51.2 Å². The van der Waals surface area contributed by atoms with Crippen LogP contribution in [0.4, 0.5) is 17.5 Å². The summed E-state index contributed by atoms with van der Waals surface area (Å²) in [5, 5.41) is 16.5. The fourth-order valence-electron chi connectivity index (χ4n) is 4.07. The van der Waals surface area contributed by atoms with Crippen molar-refractivity contribution in [3.63, 3.8) is 0 Å². The maximum absolute atomic E-state index is 12.4. The number of aryl methyl sites for hydroxylation is 1. The van der Waals surface area contributed by atoms with Crippen LogP contribution in [0.25, 0.3) is 11.2 Å². The van der Waals surface area contributed by atoms with Crippen molar-refractivity contribution in [2.75, 3.05) is 10.6 Å². The summed E-state index contributed by atoms with van der Waals surface area (Å²) in [6.07, 6.45) is 6.56. The topological polar surface area (TPSA) is 134 Å². The highest BCUT2D eigenvalue weighted by atomic mass is 32.2. The van der Waals surface area contributed by atoms with Gasteiger partial charge in [0.05, 0.1) is 17.3 Å². The standard InChI is InChI=1S/C22H29N7O3S/c1-2-29-13-23-19-20(26-22(27-21(19)29)25-15-5-9-17(30)10-6-15)24-14-7-11-18(12-8-14)33(31,32)28-16-3-4-16/h7-8,11-13,15-17,28,30H,2-6,9-10H2,1H3,(H2,24,25,26,27)/t15-,17-. The SMILES string of the molecule is CCn1cnc2c(Nc3ccc(S(=O)(=O)NC4CC4)cc3)nc(N[C@H]3CC[C@H](O)CC3)nc21. The zero-order valence-corrected chi connectivity index (χ0v) is 19.3. The lowest BCUT2D eigenvalue weighted by atomic mass is 9.93. The van der Waals surface area contributed by atoms with Gasteiger partial charge in [-0.1, -0.05) is 0 Å². The molecular formula is C22H29N7O3S. The Hall–Kier alpha value is -2.76. The second kappa shape index (κ2) is 8.88. The number of aliphatic hydroxyl groups is 1. The lowest BCUT2D eigenvalue weighted by molar-refractivity contribution is 0.126. The van der Waals surface area contributed by atoms with E-state index in [0.29, 0.717) is 23.0 Å².